The largest absolute Gasteiger partial charge is 0.330 e. The molecule has 1 heterocycles. The molecule has 0 atom stereocenters. The van der Waals surface area contributed by atoms with Crippen molar-refractivity contribution >= 4 is 40.0 Å². The highest BCUT2D eigenvalue weighted by Crippen LogP contribution is 2.25. The van der Waals surface area contributed by atoms with E-state index in [2.05, 4.69) is 10.3 Å². The predicted octanol–water partition coefficient (Wildman–Crippen LogP) is 4.42. The maximum atomic E-state index is 12.9. The number of carbonyl (C=O) groups is 2. The molecule has 1 fully saturated rings. The van der Waals surface area contributed by atoms with Gasteiger partial charge in [0.25, 0.3) is 5.69 Å². The molecule has 31 heavy (non-hydrogen) atoms. The molecule has 0 saturated heterocycles. The fraction of sp³-hybridized carbons (Fsp3) is 0.409. The molecule has 2 amide bonds. The minimum absolute atomic E-state index is 0.00324. The Balaban J connectivity index is 1.66. The molecular formula is C22H26N4O4S. The lowest BCUT2D eigenvalue weighted by Crippen LogP contribution is -2.40. The number of aromatic nitrogens is 1. The molecule has 1 aromatic heterocycles. The Hall–Kier alpha value is -3.07. The van der Waals surface area contributed by atoms with Crippen molar-refractivity contribution in [2.75, 3.05) is 18.4 Å². The summed E-state index contributed by atoms with van der Waals surface area (Å²) in [5, 5.41) is 15.9. The Kier molecular flexibility index (Phi) is 7.88. The second-order valence-corrected chi connectivity index (χ2v) is 8.61. The van der Waals surface area contributed by atoms with Gasteiger partial charge in [-0.05, 0) is 49.5 Å². The lowest BCUT2D eigenvalue weighted by Gasteiger charge is -2.28. The van der Waals surface area contributed by atoms with E-state index in [4.69, 9.17) is 0 Å². The third-order valence-electron chi connectivity index (χ3n) is 5.24. The third kappa shape index (κ3) is 6.99. The van der Waals surface area contributed by atoms with Crippen LogP contribution >= 0.6 is 11.3 Å². The predicted molar refractivity (Wildman–Crippen MR) is 121 cm³/mol. The minimum Gasteiger partial charge on any atom is -0.330 e. The van der Waals surface area contributed by atoms with Crippen molar-refractivity contribution in [2.45, 2.75) is 39.0 Å². The van der Waals surface area contributed by atoms with Crippen LogP contribution in [0.3, 0.4) is 0 Å². The highest BCUT2D eigenvalue weighted by molar-refractivity contribution is 7.13. The van der Waals surface area contributed by atoms with Gasteiger partial charge in [0.15, 0.2) is 5.13 Å². The molecular weight excluding hydrogens is 416 g/mol. The van der Waals surface area contributed by atoms with E-state index in [0.717, 1.165) is 31.4 Å². The van der Waals surface area contributed by atoms with Gasteiger partial charge in [-0.2, -0.15) is 0 Å². The average molecular weight is 443 g/mol. The molecule has 1 N–H and O–H groups in total. The molecule has 1 aromatic carbocycles. The molecule has 164 valence electrons. The molecule has 0 unspecified atom stereocenters. The molecule has 1 aliphatic rings. The molecule has 9 heteroatoms. The van der Waals surface area contributed by atoms with Gasteiger partial charge in [0.05, 0.1) is 10.6 Å². The number of carbonyl (C=O) groups excluding carboxylic acids is 2. The molecule has 0 radical (unpaired) electrons. The molecule has 0 spiro atoms. The van der Waals surface area contributed by atoms with Gasteiger partial charge in [-0.15, -0.1) is 11.3 Å². The summed E-state index contributed by atoms with van der Waals surface area (Å²) in [6.45, 7) is 2.35. The van der Waals surface area contributed by atoms with Gasteiger partial charge in [0.1, 0.15) is 6.54 Å². The van der Waals surface area contributed by atoms with Crippen LogP contribution in [0.15, 0.2) is 35.7 Å². The van der Waals surface area contributed by atoms with Crippen LogP contribution < -0.4 is 5.32 Å². The molecule has 3 rings (SSSR count). The molecule has 1 saturated carbocycles. The molecule has 1 aliphatic carbocycles. The normalized spacial score (nSPS) is 14.5. The number of nitrogens with one attached hydrogen (secondary N) is 1. The highest BCUT2D eigenvalue weighted by Gasteiger charge is 2.22. The number of hydrogen-bond donors (Lipinski definition) is 1. The zero-order valence-corrected chi connectivity index (χ0v) is 18.3. The van der Waals surface area contributed by atoms with Gasteiger partial charge in [-0.25, -0.2) is 4.98 Å². The average Bonchev–Trinajstić information content (AvgIpc) is 3.16. The summed E-state index contributed by atoms with van der Waals surface area (Å²) < 4.78 is 0. The summed E-state index contributed by atoms with van der Waals surface area (Å²) in [6.07, 6.45) is 8.67. The number of benzene rings is 1. The first-order valence-corrected chi connectivity index (χ1v) is 11.2. The summed E-state index contributed by atoms with van der Waals surface area (Å²) in [5.74, 6) is -0.142. The summed E-state index contributed by atoms with van der Waals surface area (Å²) in [5.41, 5.74) is 1.51. The first-order valence-electron chi connectivity index (χ1n) is 10.3. The van der Waals surface area contributed by atoms with Crippen molar-refractivity contribution in [3.8, 4) is 0 Å². The van der Waals surface area contributed by atoms with Crippen LogP contribution in [-0.2, 0) is 9.59 Å². The first kappa shape index (κ1) is 22.6. The van der Waals surface area contributed by atoms with Crippen LogP contribution in [0.1, 0.15) is 43.4 Å². The topological polar surface area (TPSA) is 105 Å². The summed E-state index contributed by atoms with van der Waals surface area (Å²) in [6, 6.07) is 5.97. The second kappa shape index (κ2) is 10.8. The van der Waals surface area contributed by atoms with E-state index in [9.17, 15) is 19.7 Å². The van der Waals surface area contributed by atoms with Crippen molar-refractivity contribution in [2.24, 2.45) is 5.92 Å². The van der Waals surface area contributed by atoms with E-state index in [-0.39, 0.29) is 24.0 Å². The summed E-state index contributed by atoms with van der Waals surface area (Å²) in [4.78, 5) is 41.5. The number of aryl methyl sites for hydroxylation is 1. The number of rotatable bonds is 8. The van der Waals surface area contributed by atoms with E-state index in [0.29, 0.717) is 23.2 Å². The van der Waals surface area contributed by atoms with Crippen molar-refractivity contribution in [3.05, 3.63) is 57.1 Å². The maximum Gasteiger partial charge on any atom is 0.269 e. The fourth-order valence-corrected chi connectivity index (χ4v) is 4.34. The number of nitro benzene ring substituents is 1. The number of thiazole rings is 1. The number of amides is 2. The van der Waals surface area contributed by atoms with Gasteiger partial charge in [0, 0.05) is 30.1 Å². The molecule has 0 aliphatic heterocycles. The number of nitrogens with zero attached hydrogens (tertiary/aromatic N) is 3. The summed E-state index contributed by atoms with van der Waals surface area (Å²) in [7, 11) is 0. The standard InChI is InChI=1S/C22H26N4O4S/c1-16-15-31-22(23-16)24-20(27)14-25(13-18-5-3-2-4-6-18)21(28)12-9-17-7-10-19(11-8-17)26(29)30/h7-12,15,18H,2-6,13-14H2,1H3,(H,23,24,27). The molecule has 0 bridgehead atoms. The van der Waals surface area contributed by atoms with E-state index in [1.807, 2.05) is 12.3 Å². The number of anilines is 1. The number of non-ortho nitro benzene ring substituents is 1. The Morgan fingerprint density at radius 1 is 1.26 bits per heavy atom. The highest BCUT2D eigenvalue weighted by atomic mass is 32.1. The van der Waals surface area contributed by atoms with Crippen LogP contribution in [-0.4, -0.2) is 39.7 Å². The molecule has 2 aromatic rings. The Labute approximate surface area is 185 Å². The lowest BCUT2D eigenvalue weighted by molar-refractivity contribution is -0.384. The smallest absolute Gasteiger partial charge is 0.269 e. The van der Waals surface area contributed by atoms with E-state index < -0.39 is 4.92 Å². The number of nitro groups is 1. The zero-order chi connectivity index (χ0) is 22.2. The quantitative estimate of drug-likeness (QED) is 0.370. The van der Waals surface area contributed by atoms with Gasteiger partial charge < -0.3 is 10.2 Å². The van der Waals surface area contributed by atoms with Crippen molar-refractivity contribution < 1.29 is 14.5 Å². The first-order chi connectivity index (χ1) is 14.9. The van der Waals surface area contributed by atoms with Crippen LogP contribution in [0.4, 0.5) is 10.8 Å². The van der Waals surface area contributed by atoms with Crippen LogP contribution in [0.2, 0.25) is 0 Å². The van der Waals surface area contributed by atoms with Gasteiger partial charge >= 0.3 is 0 Å². The van der Waals surface area contributed by atoms with Gasteiger partial charge in [-0.1, -0.05) is 19.3 Å². The van der Waals surface area contributed by atoms with Gasteiger partial charge in [-0.3, -0.25) is 19.7 Å². The van der Waals surface area contributed by atoms with Gasteiger partial charge in [0.2, 0.25) is 11.8 Å². The third-order valence-corrected chi connectivity index (χ3v) is 6.11. The van der Waals surface area contributed by atoms with Crippen molar-refractivity contribution in [1.82, 2.24) is 9.88 Å². The second-order valence-electron chi connectivity index (χ2n) is 7.75. The van der Waals surface area contributed by atoms with Crippen LogP contribution in [0, 0.1) is 23.0 Å². The lowest BCUT2D eigenvalue weighted by atomic mass is 9.89. The van der Waals surface area contributed by atoms with Crippen molar-refractivity contribution in [1.29, 1.82) is 0 Å². The fourth-order valence-electron chi connectivity index (χ4n) is 3.64. The summed E-state index contributed by atoms with van der Waals surface area (Å²) >= 11 is 1.35. The van der Waals surface area contributed by atoms with E-state index in [1.165, 1.54) is 36.0 Å². The van der Waals surface area contributed by atoms with Crippen LogP contribution in [0.25, 0.3) is 6.08 Å². The Morgan fingerprint density at radius 3 is 2.58 bits per heavy atom. The SMILES string of the molecule is Cc1csc(NC(=O)CN(CC2CCCCC2)C(=O)C=Cc2ccc([N+](=O)[O-])cc2)n1. The molecule has 8 nitrogen and oxygen atoms in total. The Bertz CT molecular complexity index is 949. The van der Waals surface area contributed by atoms with Crippen LogP contribution in [0.5, 0.6) is 0 Å². The number of hydrogen-bond acceptors (Lipinski definition) is 6. The zero-order valence-electron chi connectivity index (χ0n) is 17.5. The van der Waals surface area contributed by atoms with Crippen molar-refractivity contribution in [3.63, 3.8) is 0 Å². The monoisotopic (exact) mass is 442 g/mol. The minimum atomic E-state index is -0.465. The Morgan fingerprint density at radius 2 is 1.97 bits per heavy atom. The van der Waals surface area contributed by atoms with E-state index in [1.54, 1.807) is 23.1 Å². The van der Waals surface area contributed by atoms with E-state index >= 15 is 0 Å². The maximum absolute atomic E-state index is 12.9.